The van der Waals surface area contributed by atoms with Crippen LogP contribution in [-0.4, -0.2) is 11.1 Å². The maximum absolute atomic E-state index is 10.6. The van der Waals surface area contributed by atoms with Crippen molar-refractivity contribution in [3.05, 3.63) is 42.2 Å². The van der Waals surface area contributed by atoms with Crippen LogP contribution in [-0.2, 0) is 0 Å². The van der Waals surface area contributed by atoms with Gasteiger partial charge in [0.15, 0.2) is 0 Å². The maximum Gasteiger partial charge on any atom is 0.360 e. The van der Waals surface area contributed by atoms with Crippen LogP contribution in [0.15, 0.2) is 41.0 Å². The molecule has 2 aromatic rings. The van der Waals surface area contributed by atoms with E-state index >= 15 is 0 Å². The highest BCUT2D eigenvalue weighted by Gasteiger charge is 2.09. The van der Waals surface area contributed by atoms with Gasteiger partial charge in [0.2, 0.25) is 0 Å². The number of hydrogen-bond donors (Lipinski definition) is 1. The zero-order chi connectivity index (χ0) is 9.26. The maximum atomic E-state index is 10.6. The normalized spacial score (nSPS) is 10.2. The van der Waals surface area contributed by atoms with Crippen molar-refractivity contribution >= 4 is 16.9 Å². The molecule has 64 valence electrons. The number of benzene rings is 1. The smallest absolute Gasteiger partial charge is 0.360 e. The summed E-state index contributed by atoms with van der Waals surface area (Å²) < 4.78 is 5.14. The van der Waals surface area contributed by atoms with Crippen LogP contribution in [0.25, 0.3) is 11.0 Å². The average molecular weight is 175 g/mol. The molecule has 3 nitrogen and oxygen atoms in total. The van der Waals surface area contributed by atoms with Crippen molar-refractivity contribution < 1.29 is 14.3 Å². The second kappa shape index (κ2) is 2.86. The summed E-state index contributed by atoms with van der Waals surface area (Å²) in [6.45, 7) is 0. The number of carbonyl (C=O) groups is 1. The lowest BCUT2D eigenvalue weighted by Gasteiger charge is -1.90. The number of carboxylic acids is 1. The molecule has 1 N–H and O–H groups in total. The Morgan fingerprint density at radius 1 is 1.31 bits per heavy atom. The van der Waals surface area contributed by atoms with E-state index in [1.807, 2.05) is 6.07 Å². The standard InChI is InChI=1S/C10H6O3/c11-10(12)8-4-3-7-2-1-5-13-9(7)6-8/h1-6H/p+1. The van der Waals surface area contributed by atoms with E-state index in [1.54, 1.807) is 18.2 Å². The molecule has 13 heavy (non-hydrogen) atoms. The van der Waals surface area contributed by atoms with Crippen LogP contribution >= 0.6 is 0 Å². The SMILES string of the molecule is O=C(O)c1ccc2ccc[o+]c2c1. The van der Waals surface area contributed by atoms with Gasteiger partial charge in [-0.3, -0.25) is 0 Å². The summed E-state index contributed by atoms with van der Waals surface area (Å²) in [5.41, 5.74) is 0.824. The number of aromatic carboxylic acids is 1. The first-order valence-corrected chi connectivity index (χ1v) is 3.81. The first-order chi connectivity index (χ1) is 6.27. The van der Waals surface area contributed by atoms with Gasteiger partial charge in [-0.15, -0.1) is 0 Å². The summed E-state index contributed by atoms with van der Waals surface area (Å²) >= 11 is 0. The van der Waals surface area contributed by atoms with Gasteiger partial charge in [-0.1, -0.05) is 0 Å². The van der Waals surface area contributed by atoms with Gasteiger partial charge in [0.1, 0.15) is 0 Å². The van der Waals surface area contributed by atoms with Gasteiger partial charge in [-0.05, 0) is 18.2 Å². The molecule has 0 spiro atoms. The molecule has 0 aliphatic heterocycles. The average Bonchev–Trinajstić information content (AvgIpc) is 2.17. The Balaban J connectivity index is 2.69. The highest BCUT2D eigenvalue weighted by atomic mass is 16.4. The van der Waals surface area contributed by atoms with E-state index in [0.717, 1.165) is 5.39 Å². The molecule has 2 rings (SSSR count). The lowest BCUT2D eigenvalue weighted by atomic mass is 10.1. The Bertz CT molecular complexity index is 462. The third kappa shape index (κ3) is 1.36. The van der Waals surface area contributed by atoms with Gasteiger partial charge in [0, 0.05) is 6.07 Å². The second-order valence-electron chi connectivity index (χ2n) is 2.67. The largest absolute Gasteiger partial charge is 0.478 e. The molecule has 0 atom stereocenters. The minimum absolute atomic E-state index is 0.238. The van der Waals surface area contributed by atoms with E-state index < -0.39 is 5.97 Å². The molecular weight excluding hydrogens is 168 g/mol. The number of carboxylic acid groups (broad SMARTS) is 1. The summed E-state index contributed by atoms with van der Waals surface area (Å²) in [6, 6.07) is 8.42. The van der Waals surface area contributed by atoms with Crippen LogP contribution in [0, 0.1) is 0 Å². The summed E-state index contributed by atoms with van der Waals surface area (Å²) in [6.07, 6.45) is 1.52. The van der Waals surface area contributed by atoms with Crippen LogP contribution in [0.5, 0.6) is 0 Å². The highest BCUT2D eigenvalue weighted by molar-refractivity contribution is 5.92. The molecular formula is C10H7O3+. The predicted molar refractivity (Wildman–Crippen MR) is 47.6 cm³/mol. The first-order valence-electron chi connectivity index (χ1n) is 3.81. The molecule has 0 unspecified atom stereocenters. The molecule has 0 amide bonds. The van der Waals surface area contributed by atoms with Gasteiger partial charge >= 0.3 is 17.8 Å². The van der Waals surface area contributed by atoms with E-state index in [-0.39, 0.29) is 5.56 Å². The molecule has 1 aromatic carbocycles. The van der Waals surface area contributed by atoms with E-state index in [0.29, 0.717) is 5.58 Å². The van der Waals surface area contributed by atoms with Crippen LogP contribution in [0.1, 0.15) is 10.4 Å². The van der Waals surface area contributed by atoms with E-state index in [4.69, 9.17) is 9.52 Å². The Morgan fingerprint density at radius 3 is 2.92 bits per heavy atom. The minimum atomic E-state index is -0.944. The molecule has 3 heteroatoms. The zero-order valence-corrected chi connectivity index (χ0v) is 6.73. The predicted octanol–water partition coefficient (Wildman–Crippen LogP) is 2.41. The Hall–Kier alpha value is -1.90. The van der Waals surface area contributed by atoms with Crippen molar-refractivity contribution in [2.24, 2.45) is 0 Å². The highest BCUT2D eigenvalue weighted by Crippen LogP contribution is 2.15. The summed E-state index contributed by atoms with van der Waals surface area (Å²) in [7, 11) is 0. The number of fused-ring (bicyclic) bond motifs is 1. The number of hydrogen-bond acceptors (Lipinski definition) is 1. The van der Waals surface area contributed by atoms with Gasteiger partial charge < -0.3 is 5.11 Å². The van der Waals surface area contributed by atoms with Crippen molar-refractivity contribution in [3.8, 4) is 0 Å². The quantitative estimate of drug-likeness (QED) is 0.677. The molecule has 0 saturated carbocycles. The topological polar surface area (TPSA) is 48.6 Å². The molecule has 0 fully saturated rings. The lowest BCUT2D eigenvalue weighted by molar-refractivity contribution is 0.0697. The monoisotopic (exact) mass is 175 g/mol. The summed E-state index contributed by atoms with van der Waals surface area (Å²) in [5.74, 6) is -0.944. The molecule has 1 heterocycles. The fraction of sp³-hybridized carbons (Fsp3) is 0. The molecule has 0 aliphatic carbocycles. The third-order valence-corrected chi connectivity index (χ3v) is 1.81. The molecule has 0 aliphatic rings. The molecule has 0 radical (unpaired) electrons. The molecule has 0 bridgehead atoms. The van der Waals surface area contributed by atoms with Gasteiger partial charge in [0.25, 0.3) is 0 Å². The van der Waals surface area contributed by atoms with Crippen LogP contribution in [0.3, 0.4) is 0 Å². The van der Waals surface area contributed by atoms with Gasteiger partial charge in [0.05, 0.1) is 17.0 Å². The van der Waals surface area contributed by atoms with E-state index in [1.165, 1.54) is 12.3 Å². The summed E-state index contributed by atoms with van der Waals surface area (Å²) in [4.78, 5) is 10.6. The van der Waals surface area contributed by atoms with Crippen molar-refractivity contribution in [2.45, 2.75) is 0 Å². The van der Waals surface area contributed by atoms with E-state index in [2.05, 4.69) is 0 Å². The Labute approximate surface area is 74.2 Å². The second-order valence-corrected chi connectivity index (χ2v) is 2.67. The fourth-order valence-electron chi connectivity index (χ4n) is 1.16. The van der Waals surface area contributed by atoms with Crippen molar-refractivity contribution in [1.29, 1.82) is 0 Å². The lowest BCUT2D eigenvalue weighted by Crippen LogP contribution is -1.94. The number of rotatable bonds is 1. The van der Waals surface area contributed by atoms with Crippen LogP contribution in [0.2, 0.25) is 0 Å². The fourth-order valence-corrected chi connectivity index (χ4v) is 1.16. The minimum Gasteiger partial charge on any atom is -0.478 e. The zero-order valence-electron chi connectivity index (χ0n) is 6.73. The van der Waals surface area contributed by atoms with Crippen molar-refractivity contribution in [3.63, 3.8) is 0 Å². The molecule has 1 aromatic heterocycles. The Kier molecular flexibility index (Phi) is 1.70. The Morgan fingerprint density at radius 2 is 2.15 bits per heavy atom. The van der Waals surface area contributed by atoms with Crippen molar-refractivity contribution in [1.82, 2.24) is 0 Å². The van der Waals surface area contributed by atoms with Gasteiger partial charge in [-0.2, -0.15) is 0 Å². The van der Waals surface area contributed by atoms with Crippen LogP contribution in [0.4, 0.5) is 0 Å². The van der Waals surface area contributed by atoms with E-state index in [9.17, 15) is 4.79 Å². The molecule has 0 saturated heterocycles. The first kappa shape index (κ1) is 7.73. The third-order valence-electron chi connectivity index (χ3n) is 1.81. The van der Waals surface area contributed by atoms with Crippen molar-refractivity contribution in [2.75, 3.05) is 0 Å². The van der Waals surface area contributed by atoms with Crippen LogP contribution < -0.4 is 0 Å². The van der Waals surface area contributed by atoms with Gasteiger partial charge in [-0.25, -0.2) is 9.21 Å². The summed E-state index contributed by atoms with van der Waals surface area (Å²) in [5, 5.41) is 9.60.